The largest absolute Gasteiger partial charge is 0.496 e. The molecule has 0 saturated heterocycles. The summed E-state index contributed by atoms with van der Waals surface area (Å²) in [7, 11) is 1.48. The van der Waals surface area contributed by atoms with Crippen molar-refractivity contribution < 1.29 is 14.6 Å². The van der Waals surface area contributed by atoms with Gasteiger partial charge in [-0.3, -0.25) is 0 Å². The first-order valence-electron chi connectivity index (χ1n) is 7.38. The minimum atomic E-state index is -0.990. The highest BCUT2D eigenvalue weighted by atomic mass is 16.5. The summed E-state index contributed by atoms with van der Waals surface area (Å²) in [5.74, 6) is 2.31. The Balaban J connectivity index is 2.00. The van der Waals surface area contributed by atoms with Crippen molar-refractivity contribution in [1.82, 2.24) is 0 Å². The SMILES string of the molecule is CC#CN1CCc2cc(-c3ccc(C(=O)O)c(OC)c3)ccc21. The Hall–Kier alpha value is -2.93. The smallest absolute Gasteiger partial charge is 0.339 e. The van der Waals surface area contributed by atoms with Crippen LogP contribution in [0.5, 0.6) is 5.75 Å². The van der Waals surface area contributed by atoms with Crippen LogP contribution in [-0.2, 0) is 6.42 Å². The minimum Gasteiger partial charge on any atom is -0.496 e. The van der Waals surface area contributed by atoms with E-state index in [1.54, 1.807) is 12.1 Å². The van der Waals surface area contributed by atoms with Gasteiger partial charge in [0.1, 0.15) is 11.3 Å². The van der Waals surface area contributed by atoms with Crippen molar-refractivity contribution in [1.29, 1.82) is 0 Å². The third kappa shape index (κ3) is 2.74. The minimum absolute atomic E-state index is 0.168. The number of nitrogens with zero attached hydrogens (tertiary/aromatic N) is 1. The zero-order valence-electron chi connectivity index (χ0n) is 13.1. The summed E-state index contributed by atoms with van der Waals surface area (Å²) in [4.78, 5) is 13.2. The second-order valence-electron chi connectivity index (χ2n) is 5.33. The van der Waals surface area contributed by atoms with Crippen molar-refractivity contribution in [3.05, 3.63) is 47.5 Å². The Bertz CT molecular complexity index is 830. The summed E-state index contributed by atoms with van der Waals surface area (Å²) in [5, 5.41) is 9.17. The van der Waals surface area contributed by atoms with Crippen LogP contribution in [0.15, 0.2) is 36.4 Å². The summed E-state index contributed by atoms with van der Waals surface area (Å²) in [6, 6.07) is 14.5. The van der Waals surface area contributed by atoms with E-state index in [0.717, 1.165) is 29.8 Å². The normalized spacial score (nSPS) is 12.3. The van der Waals surface area contributed by atoms with E-state index in [2.05, 4.69) is 29.0 Å². The van der Waals surface area contributed by atoms with Crippen LogP contribution >= 0.6 is 0 Å². The topological polar surface area (TPSA) is 49.8 Å². The summed E-state index contributed by atoms with van der Waals surface area (Å²) in [5.41, 5.74) is 4.56. The predicted octanol–water partition coefficient (Wildman–Crippen LogP) is 3.40. The van der Waals surface area contributed by atoms with Gasteiger partial charge in [-0.25, -0.2) is 4.79 Å². The number of aromatic carboxylic acids is 1. The number of benzene rings is 2. The number of hydrogen-bond donors (Lipinski definition) is 1. The van der Waals surface area contributed by atoms with E-state index in [-0.39, 0.29) is 5.56 Å². The molecule has 0 fully saturated rings. The Morgan fingerprint density at radius 2 is 1.96 bits per heavy atom. The third-order valence-corrected chi connectivity index (χ3v) is 3.99. The average molecular weight is 307 g/mol. The first-order valence-corrected chi connectivity index (χ1v) is 7.38. The molecule has 116 valence electrons. The maximum atomic E-state index is 11.2. The molecule has 0 aromatic heterocycles. The molecular formula is C19H17NO3. The van der Waals surface area contributed by atoms with E-state index in [0.29, 0.717) is 5.75 Å². The van der Waals surface area contributed by atoms with Gasteiger partial charge in [-0.15, -0.1) is 0 Å². The molecule has 0 amide bonds. The monoisotopic (exact) mass is 307 g/mol. The van der Waals surface area contributed by atoms with Gasteiger partial charge in [0.15, 0.2) is 0 Å². The summed E-state index contributed by atoms with van der Waals surface area (Å²) in [6.45, 7) is 2.74. The van der Waals surface area contributed by atoms with Crippen LogP contribution in [0.2, 0.25) is 0 Å². The van der Waals surface area contributed by atoms with Gasteiger partial charge in [-0.1, -0.05) is 18.1 Å². The maximum absolute atomic E-state index is 11.2. The predicted molar refractivity (Wildman–Crippen MR) is 89.9 cm³/mol. The lowest BCUT2D eigenvalue weighted by molar-refractivity contribution is 0.0693. The number of fused-ring (bicyclic) bond motifs is 1. The van der Waals surface area contributed by atoms with Crippen LogP contribution in [0.3, 0.4) is 0 Å². The molecule has 4 heteroatoms. The molecule has 1 N–H and O–H groups in total. The first-order chi connectivity index (χ1) is 11.1. The number of rotatable bonds is 3. The van der Waals surface area contributed by atoms with Gasteiger partial charge < -0.3 is 14.7 Å². The number of carbonyl (C=O) groups is 1. The Morgan fingerprint density at radius 3 is 2.65 bits per heavy atom. The molecule has 0 unspecified atom stereocenters. The molecule has 0 aliphatic carbocycles. The standard InChI is InChI=1S/C19H17NO3/c1-3-9-20-10-8-15-11-13(5-7-17(15)20)14-4-6-16(19(21)22)18(12-14)23-2/h4-7,11-12H,8,10H2,1-2H3,(H,21,22). The van der Waals surface area contributed by atoms with Crippen LogP contribution in [0.4, 0.5) is 5.69 Å². The third-order valence-electron chi connectivity index (χ3n) is 3.99. The van der Waals surface area contributed by atoms with Crippen molar-refractivity contribution in [2.24, 2.45) is 0 Å². The summed E-state index contributed by atoms with van der Waals surface area (Å²) >= 11 is 0. The van der Waals surface area contributed by atoms with Gasteiger partial charge in [-0.2, -0.15) is 0 Å². The van der Waals surface area contributed by atoms with Crippen molar-refractivity contribution >= 4 is 11.7 Å². The van der Waals surface area contributed by atoms with Crippen LogP contribution in [0.25, 0.3) is 11.1 Å². The maximum Gasteiger partial charge on any atom is 0.339 e. The van der Waals surface area contributed by atoms with E-state index in [4.69, 9.17) is 9.84 Å². The Labute approximate surface area is 135 Å². The zero-order valence-corrected chi connectivity index (χ0v) is 13.1. The molecule has 1 aliphatic heterocycles. The van der Waals surface area contributed by atoms with Crippen LogP contribution in [-0.4, -0.2) is 24.7 Å². The number of methoxy groups -OCH3 is 1. The molecule has 1 heterocycles. The molecule has 2 aromatic carbocycles. The van der Waals surface area contributed by atoms with E-state index in [1.807, 2.05) is 19.1 Å². The fourth-order valence-electron chi connectivity index (χ4n) is 2.88. The lowest BCUT2D eigenvalue weighted by Gasteiger charge is -2.12. The molecule has 3 rings (SSSR count). The zero-order chi connectivity index (χ0) is 16.4. The van der Waals surface area contributed by atoms with E-state index in [9.17, 15) is 4.79 Å². The highest BCUT2D eigenvalue weighted by Gasteiger charge is 2.19. The quantitative estimate of drug-likeness (QED) is 0.883. The van der Waals surface area contributed by atoms with Crippen molar-refractivity contribution in [2.45, 2.75) is 13.3 Å². The van der Waals surface area contributed by atoms with Crippen LogP contribution < -0.4 is 9.64 Å². The Kier molecular flexibility index (Phi) is 3.94. The fourth-order valence-corrected chi connectivity index (χ4v) is 2.88. The van der Waals surface area contributed by atoms with Gasteiger partial charge in [-0.05, 0) is 54.3 Å². The molecule has 0 atom stereocenters. The van der Waals surface area contributed by atoms with Gasteiger partial charge in [0.25, 0.3) is 0 Å². The number of anilines is 1. The van der Waals surface area contributed by atoms with E-state index >= 15 is 0 Å². The summed E-state index contributed by atoms with van der Waals surface area (Å²) in [6.07, 6.45) is 0.961. The van der Waals surface area contributed by atoms with Crippen molar-refractivity contribution in [3.8, 4) is 28.8 Å². The lowest BCUT2D eigenvalue weighted by Crippen LogP contribution is -2.12. The number of carboxylic acid groups (broad SMARTS) is 1. The van der Waals surface area contributed by atoms with Crippen molar-refractivity contribution in [3.63, 3.8) is 0 Å². The average Bonchev–Trinajstić information content (AvgIpc) is 2.97. The van der Waals surface area contributed by atoms with E-state index in [1.165, 1.54) is 12.7 Å². The number of ether oxygens (including phenoxy) is 1. The Morgan fingerprint density at radius 1 is 1.22 bits per heavy atom. The van der Waals surface area contributed by atoms with Crippen LogP contribution in [0.1, 0.15) is 22.8 Å². The molecule has 0 saturated carbocycles. The first kappa shape index (κ1) is 15.0. The molecule has 0 spiro atoms. The molecule has 4 nitrogen and oxygen atoms in total. The fraction of sp³-hybridized carbons (Fsp3) is 0.211. The van der Waals surface area contributed by atoms with Gasteiger partial charge in [0.05, 0.1) is 12.8 Å². The second kappa shape index (κ2) is 6.05. The van der Waals surface area contributed by atoms with Gasteiger partial charge in [0, 0.05) is 12.6 Å². The molecule has 0 radical (unpaired) electrons. The van der Waals surface area contributed by atoms with Gasteiger partial charge in [0.2, 0.25) is 0 Å². The van der Waals surface area contributed by atoms with Gasteiger partial charge >= 0.3 is 5.97 Å². The molecular weight excluding hydrogens is 290 g/mol. The van der Waals surface area contributed by atoms with E-state index < -0.39 is 5.97 Å². The second-order valence-corrected chi connectivity index (χ2v) is 5.33. The van der Waals surface area contributed by atoms with Crippen molar-refractivity contribution in [2.75, 3.05) is 18.6 Å². The van der Waals surface area contributed by atoms with Crippen LogP contribution in [0, 0.1) is 12.0 Å². The lowest BCUT2D eigenvalue weighted by atomic mass is 10.00. The molecule has 23 heavy (non-hydrogen) atoms. The molecule has 2 aromatic rings. The summed E-state index contributed by atoms with van der Waals surface area (Å²) < 4.78 is 5.20. The number of carboxylic acids is 1. The number of hydrogen-bond acceptors (Lipinski definition) is 3. The highest BCUT2D eigenvalue weighted by Crippen LogP contribution is 2.33. The molecule has 1 aliphatic rings. The molecule has 0 bridgehead atoms. The highest BCUT2D eigenvalue weighted by molar-refractivity contribution is 5.92.